The van der Waals surface area contributed by atoms with Crippen molar-refractivity contribution in [3.05, 3.63) is 88.2 Å². The molecule has 0 unspecified atom stereocenters. The van der Waals surface area contributed by atoms with E-state index in [9.17, 15) is 4.79 Å². The van der Waals surface area contributed by atoms with Gasteiger partial charge in [0.2, 0.25) is 5.95 Å². The van der Waals surface area contributed by atoms with Gasteiger partial charge in [-0.1, -0.05) is 24.3 Å². The van der Waals surface area contributed by atoms with Gasteiger partial charge < -0.3 is 10.3 Å². The summed E-state index contributed by atoms with van der Waals surface area (Å²) in [5.74, 6) is 1.06. The Bertz CT molecular complexity index is 1290. The maximum atomic E-state index is 12.6. The fraction of sp³-hybridized carbons (Fsp3) is 0.182. The summed E-state index contributed by atoms with van der Waals surface area (Å²) in [6.07, 6.45) is 5.84. The van der Waals surface area contributed by atoms with Crippen molar-refractivity contribution in [1.82, 2.24) is 24.8 Å². The van der Waals surface area contributed by atoms with Crippen LogP contribution in [0.4, 0.5) is 5.95 Å². The molecule has 1 atom stereocenters. The van der Waals surface area contributed by atoms with Crippen molar-refractivity contribution in [2.75, 3.05) is 11.9 Å². The third kappa shape index (κ3) is 3.32. The largest absolute Gasteiger partial charge is 0.361 e. The Morgan fingerprint density at radius 3 is 2.97 bits per heavy atom. The van der Waals surface area contributed by atoms with Gasteiger partial charge in [-0.3, -0.25) is 24.7 Å². The number of aryl methyl sites for hydroxylation is 1. The fourth-order valence-corrected chi connectivity index (χ4v) is 3.76. The number of pyridine rings is 1. The van der Waals surface area contributed by atoms with Gasteiger partial charge >= 0.3 is 0 Å². The first-order valence-corrected chi connectivity index (χ1v) is 9.82. The number of fused-ring (bicyclic) bond motifs is 2. The van der Waals surface area contributed by atoms with Crippen LogP contribution in [0.15, 0.2) is 70.8 Å². The number of aromatic nitrogens is 4. The zero-order chi connectivity index (χ0) is 20.5. The van der Waals surface area contributed by atoms with Gasteiger partial charge in [-0.05, 0) is 31.0 Å². The maximum absolute atomic E-state index is 12.6. The molecule has 1 aliphatic rings. The first kappa shape index (κ1) is 18.1. The van der Waals surface area contributed by atoms with Crippen molar-refractivity contribution in [1.29, 1.82) is 0 Å². The van der Waals surface area contributed by atoms with Gasteiger partial charge in [0.25, 0.3) is 5.56 Å². The second-order valence-electron chi connectivity index (χ2n) is 7.23. The molecule has 0 radical (unpaired) electrons. The summed E-state index contributed by atoms with van der Waals surface area (Å²) in [5.41, 5.74) is 3.73. The predicted molar refractivity (Wildman–Crippen MR) is 117 cm³/mol. The van der Waals surface area contributed by atoms with Gasteiger partial charge in [-0.25, -0.2) is 4.98 Å². The number of benzene rings is 1. The molecule has 3 N–H and O–H groups in total. The van der Waals surface area contributed by atoms with E-state index in [2.05, 4.69) is 37.7 Å². The molecule has 0 fully saturated rings. The highest BCUT2D eigenvalue weighted by Crippen LogP contribution is 2.21. The Kier molecular flexibility index (Phi) is 4.51. The van der Waals surface area contributed by atoms with E-state index < -0.39 is 6.17 Å². The number of aliphatic imine (C=N–C) groups is 1. The lowest BCUT2D eigenvalue weighted by atomic mass is 10.1. The summed E-state index contributed by atoms with van der Waals surface area (Å²) >= 11 is 0. The van der Waals surface area contributed by atoms with E-state index in [0.717, 1.165) is 17.5 Å². The number of hydrogen-bond acceptors (Lipinski definition) is 4. The molecule has 4 aromatic rings. The second-order valence-corrected chi connectivity index (χ2v) is 7.23. The van der Waals surface area contributed by atoms with Crippen LogP contribution in [-0.4, -0.2) is 32.0 Å². The van der Waals surface area contributed by atoms with Crippen LogP contribution >= 0.6 is 0 Å². The number of nitrogens with zero attached hydrogens (tertiary/aromatic N) is 4. The number of aromatic amines is 1. The Labute approximate surface area is 172 Å². The molecule has 0 saturated heterocycles. The smallest absolute Gasteiger partial charge is 0.257 e. The maximum Gasteiger partial charge on any atom is 0.257 e. The zero-order valence-electron chi connectivity index (χ0n) is 16.5. The van der Waals surface area contributed by atoms with Gasteiger partial charge in [0.05, 0.1) is 0 Å². The second kappa shape index (κ2) is 7.47. The summed E-state index contributed by atoms with van der Waals surface area (Å²) in [7, 11) is 0. The monoisotopic (exact) mass is 399 g/mol. The molecule has 30 heavy (non-hydrogen) atoms. The number of nitrogens with one attached hydrogen (secondary N) is 3. The fourth-order valence-electron chi connectivity index (χ4n) is 3.76. The van der Waals surface area contributed by atoms with E-state index in [1.165, 1.54) is 17.0 Å². The molecule has 150 valence electrons. The summed E-state index contributed by atoms with van der Waals surface area (Å²) in [4.78, 5) is 29.3. The zero-order valence-corrected chi connectivity index (χ0v) is 16.5. The van der Waals surface area contributed by atoms with Crippen LogP contribution < -0.4 is 16.2 Å². The van der Waals surface area contributed by atoms with Crippen LogP contribution in [-0.2, 0) is 6.42 Å². The van der Waals surface area contributed by atoms with E-state index in [0.29, 0.717) is 24.1 Å². The van der Waals surface area contributed by atoms with Crippen LogP contribution in [0.5, 0.6) is 0 Å². The number of hydrogen-bond donors (Lipinski definition) is 3. The molecule has 4 heterocycles. The molecule has 0 spiro atoms. The van der Waals surface area contributed by atoms with Crippen molar-refractivity contribution < 1.29 is 0 Å². The van der Waals surface area contributed by atoms with Gasteiger partial charge in [-0.2, -0.15) is 0 Å². The minimum absolute atomic E-state index is 0.135. The summed E-state index contributed by atoms with van der Waals surface area (Å²) in [6, 6.07) is 13.5. The van der Waals surface area contributed by atoms with E-state index >= 15 is 0 Å². The highest BCUT2D eigenvalue weighted by molar-refractivity contribution is 5.93. The number of H-pyrrole nitrogens is 1. The highest BCUT2D eigenvalue weighted by atomic mass is 16.1. The molecule has 8 heteroatoms. The summed E-state index contributed by atoms with van der Waals surface area (Å²) in [5, 5.41) is 7.69. The summed E-state index contributed by atoms with van der Waals surface area (Å²) in [6.45, 7) is 2.39. The molecule has 1 aromatic carbocycles. The Hall–Kier alpha value is -3.94. The molecular formula is C22H21N7O. The molecular weight excluding hydrogens is 378 g/mol. The van der Waals surface area contributed by atoms with Crippen molar-refractivity contribution >= 4 is 22.8 Å². The Balaban J connectivity index is 1.44. The molecule has 3 aromatic heterocycles. The van der Waals surface area contributed by atoms with E-state index in [1.54, 1.807) is 23.9 Å². The lowest BCUT2D eigenvalue weighted by Crippen LogP contribution is -2.48. The number of para-hydroxylation sites is 1. The molecule has 1 aliphatic heterocycles. The van der Waals surface area contributed by atoms with E-state index in [4.69, 9.17) is 4.99 Å². The van der Waals surface area contributed by atoms with Crippen molar-refractivity contribution in [2.45, 2.75) is 19.5 Å². The first-order chi connectivity index (χ1) is 14.7. The lowest BCUT2D eigenvalue weighted by molar-refractivity contribution is 0.513. The Morgan fingerprint density at radius 1 is 1.20 bits per heavy atom. The SMILES string of the molecule is Cc1cc(=O)n2c(n1)NC(=NCCc1c[nH]c3ccccc13)N[C@H]2c1cccnc1. The minimum Gasteiger partial charge on any atom is -0.361 e. The number of rotatable bonds is 4. The van der Waals surface area contributed by atoms with Crippen LogP contribution in [0.25, 0.3) is 10.9 Å². The molecule has 8 nitrogen and oxygen atoms in total. The normalized spacial score (nSPS) is 16.8. The van der Waals surface area contributed by atoms with Crippen LogP contribution in [0.2, 0.25) is 0 Å². The van der Waals surface area contributed by atoms with E-state index in [-0.39, 0.29) is 5.56 Å². The predicted octanol–water partition coefficient (Wildman–Crippen LogP) is 2.59. The van der Waals surface area contributed by atoms with Gasteiger partial charge in [0, 0.05) is 53.4 Å². The quantitative estimate of drug-likeness (QED) is 0.490. The van der Waals surface area contributed by atoms with Gasteiger partial charge in [-0.15, -0.1) is 0 Å². The standard InChI is InChI=1S/C22H21N7O/c1-14-11-19(30)29-20(16-5-4-9-23-12-16)27-21(28-22(29)26-14)24-10-8-15-13-25-18-7-3-2-6-17(15)18/h2-7,9,11-13,20,25H,8,10H2,1H3,(H2,24,26,27,28)/t20-/m1/s1. The molecule has 0 bridgehead atoms. The third-order valence-corrected chi connectivity index (χ3v) is 5.17. The average Bonchev–Trinajstić information content (AvgIpc) is 3.17. The number of anilines is 1. The molecule has 5 rings (SSSR count). The topological polar surface area (TPSA) is 100.0 Å². The molecule has 0 amide bonds. The Morgan fingerprint density at radius 2 is 2.10 bits per heavy atom. The van der Waals surface area contributed by atoms with Gasteiger partial charge in [0.1, 0.15) is 6.17 Å². The average molecular weight is 399 g/mol. The minimum atomic E-state index is -0.428. The lowest BCUT2D eigenvalue weighted by Gasteiger charge is -2.30. The highest BCUT2D eigenvalue weighted by Gasteiger charge is 2.26. The van der Waals surface area contributed by atoms with Crippen molar-refractivity contribution in [2.24, 2.45) is 4.99 Å². The van der Waals surface area contributed by atoms with E-state index in [1.807, 2.05) is 30.5 Å². The molecule has 0 saturated carbocycles. The van der Waals surface area contributed by atoms with Crippen LogP contribution in [0.3, 0.4) is 0 Å². The van der Waals surface area contributed by atoms with Crippen molar-refractivity contribution in [3.63, 3.8) is 0 Å². The number of guanidine groups is 1. The molecule has 0 aliphatic carbocycles. The van der Waals surface area contributed by atoms with Crippen molar-refractivity contribution in [3.8, 4) is 0 Å². The summed E-state index contributed by atoms with van der Waals surface area (Å²) < 4.78 is 1.59. The first-order valence-electron chi connectivity index (χ1n) is 9.82. The van der Waals surface area contributed by atoms with Crippen LogP contribution in [0.1, 0.15) is 23.0 Å². The van der Waals surface area contributed by atoms with Gasteiger partial charge in [0.15, 0.2) is 5.96 Å². The third-order valence-electron chi connectivity index (χ3n) is 5.17. The van der Waals surface area contributed by atoms with Crippen LogP contribution in [0, 0.1) is 6.92 Å².